The number of carboxylic acid groups (broad SMARTS) is 1. The zero-order valence-corrected chi connectivity index (χ0v) is 10.6. The van der Waals surface area contributed by atoms with Crippen molar-refractivity contribution in [3.63, 3.8) is 0 Å². The van der Waals surface area contributed by atoms with E-state index in [0.29, 0.717) is 6.04 Å². The lowest BCUT2D eigenvalue weighted by Gasteiger charge is -2.35. The maximum atomic E-state index is 11.5. The number of likely N-dealkylation sites (tertiary alicyclic amines) is 1. The number of carboxylic acids is 1. The maximum Gasteiger partial charge on any atom is 0.325 e. The van der Waals surface area contributed by atoms with Gasteiger partial charge in [0.15, 0.2) is 0 Å². The Kier molecular flexibility index (Phi) is 4.74. The Labute approximate surface area is 101 Å². The van der Waals surface area contributed by atoms with Crippen LogP contribution in [-0.4, -0.2) is 53.7 Å². The first-order valence-electron chi connectivity index (χ1n) is 5.90. The van der Waals surface area contributed by atoms with Gasteiger partial charge in [0.1, 0.15) is 6.04 Å². The Balaban J connectivity index is 2.34. The molecule has 0 aromatic carbocycles. The van der Waals surface area contributed by atoms with E-state index in [1.54, 1.807) is 0 Å². The van der Waals surface area contributed by atoms with Gasteiger partial charge in [-0.05, 0) is 33.7 Å². The molecule has 1 aliphatic heterocycles. The molecule has 17 heavy (non-hydrogen) atoms. The quantitative estimate of drug-likeness (QED) is 0.663. The third-order valence-corrected chi connectivity index (χ3v) is 3.26. The molecule has 0 bridgehead atoms. The number of piperidine rings is 1. The summed E-state index contributed by atoms with van der Waals surface area (Å²) in [5, 5.41) is 13.9. The molecule has 0 spiro atoms. The summed E-state index contributed by atoms with van der Waals surface area (Å²) >= 11 is 0. The molecule has 1 fully saturated rings. The van der Waals surface area contributed by atoms with Crippen molar-refractivity contribution in [3.8, 4) is 0 Å². The molecular formula is C11H21N3O3. The minimum absolute atomic E-state index is 0.127. The number of amides is 2. The number of carbonyl (C=O) groups excluding carboxylic acids is 1. The average Bonchev–Trinajstić information content (AvgIpc) is 2.23. The van der Waals surface area contributed by atoms with Crippen LogP contribution in [0.5, 0.6) is 0 Å². The summed E-state index contributed by atoms with van der Waals surface area (Å²) in [7, 11) is 2.06. The second-order valence-corrected chi connectivity index (χ2v) is 4.73. The van der Waals surface area contributed by atoms with Gasteiger partial charge in [0.05, 0.1) is 0 Å². The van der Waals surface area contributed by atoms with E-state index in [9.17, 15) is 9.59 Å². The number of hydrogen-bond donors (Lipinski definition) is 3. The standard InChI is InChI=1S/C11H21N3O3/c1-7-6-9(4-5-14(7)3)13-11(17)12-8(2)10(15)16/h7-9H,4-6H2,1-3H3,(H,15,16)(H2,12,13,17)/t7?,8-,9?/m0/s1. The summed E-state index contributed by atoms with van der Waals surface area (Å²) < 4.78 is 0. The monoisotopic (exact) mass is 243 g/mol. The van der Waals surface area contributed by atoms with Crippen LogP contribution in [0.15, 0.2) is 0 Å². The highest BCUT2D eigenvalue weighted by atomic mass is 16.4. The second-order valence-electron chi connectivity index (χ2n) is 4.73. The SMILES string of the molecule is CC1CC(NC(=O)N[C@@H](C)C(=O)O)CCN1C. The van der Waals surface area contributed by atoms with Gasteiger partial charge in [-0.3, -0.25) is 4.79 Å². The van der Waals surface area contributed by atoms with Crippen LogP contribution < -0.4 is 10.6 Å². The largest absolute Gasteiger partial charge is 0.480 e. The van der Waals surface area contributed by atoms with Gasteiger partial charge in [0.25, 0.3) is 0 Å². The lowest BCUT2D eigenvalue weighted by molar-refractivity contribution is -0.138. The van der Waals surface area contributed by atoms with Gasteiger partial charge in [0.2, 0.25) is 0 Å². The van der Waals surface area contributed by atoms with E-state index >= 15 is 0 Å². The van der Waals surface area contributed by atoms with Gasteiger partial charge < -0.3 is 20.6 Å². The molecule has 0 aromatic rings. The van der Waals surface area contributed by atoms with Crippen molar-refractivity contribution in [1.82, 2.24) is 15.5 Å². The summed E-state index contributed by atoms with van der Waals surface area (Å²) in [4.78, 5) is 24.3. The zero-order chi connectivity index (χ0) is 13.0. The summed E-state index contributed by atoms with van der Waals surface area (Å²) in [6, 6.07) is -0.700. The Bertz CT molecular complexity index is 296. The van der Waals surface area contributed by atoms with Crippen molar-refractivity contribution >= 4 is 12.0 Å². The van der Waals surface area contributed by atoms with Crippen LogP contribution in [-0.2, 0) is 4.79 Å². The van der Waals surface area contributed by atoms with Crippen molar-refractivity contribution in [2.75, 3.05) is 13.6 Å². The fraction of sp³-hybridized carbons (Fsp3) is 0.818. The molecule has 3 N–H and O–H groups in total. The van der Waals surface area contributed by atoms with Gasteiger partial charge in [-0.15, -0.1) is 0 Å². The lowest BCUT2D eigenvalue weighted by atomic mass is 9.99. The summed E-state index contributed by atoms with van der Waals surface area (Å²) in [5.74, 6) is -1.03. The normalized spacial score (nSPS) is 27.2. The first kappa shape index (κ1) is 13.8. The molecule has 1 aliphatic rings. The third-order valence-electron chi connectivity index (χ3n) is 3.26. The molecule has 0 aliphatic carbocycles. The number of nitrogens with zero attached hydrogens (tertiary/aromatic N) is 1. The van der Waals surface area contributed by atoms with Crippen LogP contribution >= 0.6 is 0 Å². The number of urea groups is 1. The fourth-order valence-corrected chi connectivity index (χ4v) is 1.91. The van der Waals surface area contributed by atoms with Crippen molar-refractivity contribution in [2.45, 2.75) is 44.8 Å². The molecule has 1 heterocycles. The Hall–Kier alpha value is -1.30. The van der Waals surface area contributed by atoms with Gasteiger partial charge in [-0.1, -0.05) is 0 Å². The Morgan fingerprint density at radius 2 is 2.12 bits per heavy atom. The molecule has 2 unspecified atom stereocenters. The fourth-order valence-electron chi connectivity index (χ4n) is 1.91. The minimum Gasteiger partial charge on any atom is -0.480 e. The van der Waals surface area contributed by atoms with Crippen LogP contribution in [0, 0.1) is 0 Å². The molecule has 1 saturated heterocycles. The molecule has 0 aromatic heterocycles. The van der Waals surface area contributed by atoms with Crippen molar-refractivity contribution in [1.29, 1.82) is 0 Å². The molecule has 6 heteroatoms. The van der Waals surface area contributed by atoms with Crippen LogP contribution in [0.2, 0.25) is 0 Å². The highest BCUT2D eigenvalue weighted by Crippen LogP contribution is 2.14. The van der Waals surface area contributed by atoms with E-state index in [1.165, 1.54) is 6.92 Å². The van der Waals surface area contributed by atoms with E-state index in [1.807, 2.05) is 0 Å². The van der Waals surface area contributed by atoms with Crippen LogP contribution in [0.4, 0.5) is 4.79 Å². The predicted octanol–water partition coefficient (Wildman–Crippen LogP) is 0.241. The number of nitrogens with one attached hydrogen (secondary N) is 2. The number of aliphatic carboxylic acids is 1. The van der Waals surface area contributed by atoms with Gasteiger partial charge >= 0.3 is 12.0 Å². The van der Waals surface area contributed by atoms with Crippen molar-refractivity contribution in [2.24, 2.45) is 0 Å². The first-order chi connectivity index (χ1) is 7.90. The second kappa shape index (κ2) is 5.86. The van der Waals surface area contributed by atoms with E-state index in [-0.39, 0.29) is 6.04 Å². The topological polar surface area (TPSA) is 81.7 Å². The van der Waals surface area contributed by atoms with Crippen LogP contribution in [0.3, 0.4) is 0 Å². The molecule has 1 rings (SSSR count). The number of carbonyl (C=O) groups is 2. The average molecular weight is 243 g/mol. The smallest absolute Gasteiger partial charge is 0.325 e. The Morgan fingerprint density at radius 1 is 1.47 bits per heavy atom. The number of rotatable bonds is 3. The van der Waals surface area contributed by atoms with Crippen molar-refractivity contribution in [3.05, 3.63) is 0 Å². The maximum absolute atomic E-state index is 11.5. The van der Waals surface area contributed by atoms with Crippen LogP contribution in [0.1, 0.15) is 26.7 Å². The molecule has 0 saturated carbocycles. The van der Waals surface area contributed by atoms with E-state index in [0.717, 1.165) is 19.4 Å². The van der Waals surface area contributed by atoms with Crippen molar-refractivity contribution < 1.29 is 14.7 Å². The minimum atomic E-state index is -1.03. The number of hydrogen-bond acceptors (Lipinski definition) is 3. The molecule has 6 nitrogen and oxygen atoms in total. The molecule has 98 valence electrons. The van der Waals surface area contributed by atoms with E-state index in [4.69, 9.17) is 5.11 Å². The third kappa shape index (κ3) is 4.22. The summed E-state index contributed by atoms with van der Waals surface area (Å²) in [6.45, 7) is 4.51. The lowest BCUT2D eigenvalue weighted by Crippen LogP contribution is -2.52. The van der Waals surface area contributed by atoms with Gasteiger partial charge in [0, 0.05) is 18.6 Å². The Morgan fingerprint density at radius 3 is 2.65 bits per heavy atom. The molecular weight excluding hydrogens is 222 g/mol. The zero-order valence-electron chi connectivity index (χ0n) is 10.6. The summed E-state index contributed by atoms with van der Waals surface area (Å²) in [6.07, 6.45) is 1.79. The van der Waals surface area contributed by atoms with E-state index in [2.05, 4.69) is 29.5 Å². The van der Waals surface area contributed by atoms with Gasteiger partial charge in [-0.2, -0.15) is 0 Å². The summed E-state index contributed by atoms with van der Waals surface area (Å²) in [5.41, 5.74) is 0. The predicted molar refractivity (Wildman–Crippen MR) is 63.9 cm³/mol. The molecule has 3 atom stereocenters. The highest BCUT2D eigenvalue weighted by Gasteiger charge is 2.24. The molecule has 0 radical (unpaired) electrons. The highest BCUT2D eigenvalue weighted by molar-refractivity contribution is 5.82. The molecule has 2 amide bonds. The van der Waals surface area contributed by atoms with E-state index < -0.39 is 18.0 Å². The van der Waals surface area contributed by atoms with Crippen LogP contribution in [0.25, 0.3) is 0 Å². The van der Waals surface area contributed by atoms with Gasteiger partial charge in [-0.25, -0.2) is 4.79 Å². The first-order valence-corrected chi connectivity index (χ1v) is 5.90.